The fourth-order valence-electron chi connectivity index (χ4n) is 4.49. The van der Waals surface area contributed by atoms with Gasteiger partial charge in [0.05, 0.1) is 22.8 Å². The third-order valence-corrected chi connectivity index (χ3v) is 6.79. The second-order valence-electron chi connectivity index (χ2n) is 8.72. The lowest BCUT2D eigenvalue weighted by Gasteiger charge is -2.26. The van der Waals surface area contributed by atoms with E-state index in [0.717, 1.165) is 58.8 Å². The van der Waals surface area contributed by atoms with Gasteiger partial charge in [-0.15, -0.1) is 0 Å². The van der Waals surface area contributed by atoms with E-state index in [1.54, 1.807) is 6.20 Å². The lowest BCUT2D eigenvalue weighted by molar-refractivity contribution is -0.119. The fraction of sp³-hybridized carbons (Fsp3) is 0.269. The van der Waals surface area contributed by atoms with Crippen LogP contribution in [-0.2, 0) is 11.8 Å². The number of nitrogens with two attached hydrogens (primary N) is 1. The first-order valence-corrected chi connectivity index (χ1v) is 12.4. The van der Waals surface area contributed by atoms with Crippen LogP contribution >= 0.6 is 15.9 Å². The van der Waals surface area contributed by atoms with Crippen molar-refractivity contribution in [3.8, 4) is 11.5 Å². The number of halogens is 1. The number of aryl methyl sites for hydroxylation is 1. The van der Waals surface area contributed by atoms with Gasteiger partial charge in [-0.05, 0) is 68.4 Å². The Morgan fingerprint density at radius 3 is 2.60 bits per heavy atom. The third kappa shape index (κ3) is 5.31. The summed E-state index contributed by atoms with van der Waals surface area (Å²) in [6, 6.07) is 17.4. The molecule has 0 bridgehead atoms. The first kappa shape index (κ1) is 23.3. The van der Waals surface area contributed by atoms with Crippen LogP contribution in [0.15, 0.2) is 65.3 Å². The number of carbonyl (C=O) groups is 1. The van der Waals surface area contributed by atoms with E-state index in [2.05, 4.69) is 31.1 Å². The minimum atomic E-state index is -0.330. The maximum Gasteiger partial charge on any atom is 0.219 e. The summed E-state index contributed by atoms with van der Waals surface area (Å²) in [5.74, 6) is 1.75. The molecule has 1 aliphatic heterocycles. The van der Waals surface area contributed by atoms with Crippen LogP contribution in [-0.4, -0.2) is 38.4 Å². The van der Waals surface area contributed by atoms with E-state index in [4.69, 9.17) is 15.5 Å². The zero-order valence-electron chi connectivity index (χ0n) is 19.4. The molecule has 0 aliphatic carbocycles. The molecule has 0 spiro atoms. The Kier molecular flexibility index (Phi) is 6.70. The van der Waals surface area contributed by atoms with Crippen molar-refractivity contribution in [2.24, 2.45) is 12.8 Å². The van der Waals surface area contributed by atoms with Gasteiger partial charge in [0.1, 0.15) is 11.5 Å². The molecule has 3 heterocycles. The van der Waals surface area contributed by atoms with Crippen LogP contribution in [0.5, 0.6) is 11.5 Å². The average molecular weight is 535 g/mol. The van der Waals surface area contributed by atoms with Gasteiger partial charge in [-0.2, -0.15) is 0 Å². The number of pyridine rings is 1. The number of rotatable bonds is 8. The molecule has 0 radical (unpaired) electrons. The van der Waals surface area contributed by atoms with Gasteiger partial charge < -0.3 is 20.4 Å². The van der Waals surface area contributed by atoms with Gasteiger partial charge >= 0.3 is 0 Å². The van der Waals surface area contributed by atoms with E-state index in [-0.39, 0.29) is 18.4 Å². The number of ether oxygens (including phenoxy) is 1. The molecule has 2 aromatic carbocycles. The van der Waals surface area contributed by atoms with E-state index in [9.17, 15) is 4.79 Å². The molecule has 0 saturated carbocycles. The smallest absolute Gasteiger partial charge is 0.219 e. The van der Waals surface area contributed by atoms with Gasteiger partial charge in [0.15, 0.2) is 0 Å². The standard InChI is InChI=1S/C26H27BrN6O2/c1-32-23-9-8-19(15-22(23)31-26(32)30-18-6-4-17(27)5-7-18)35-20-10-11-29-21(14-20)24(16-25(28)34)33-12-2-3-13-33/h4-11,14-15,24H,2-3,12-13,16H2,1H3,(H2,28,34)(H,30,31). The summed E-state index contributed by atoms with van der Waals surface area (Å²) in [5, 5.41) is 3.36. The van der Waals surface area contributed by atoms with Crippen LogP contribution in [0, 0.1) is 0 Å². The molecule has 1 aliphatic rings. The van der Waals surface area contributed by atoms with E-state index in [1.165, 1.54) is 0 Å². The van der Waals surface area contributed by atoms with Crippen molar-refractivity contribution in [2.45, 2.75) is 25.3 Å². The highest BCUT2D eigenvalue weighted by molar-refractivity contribution is 9.10. The number of likely N-dealkylation sites (tertiary alicyclic amines) is 1. The normalized spacial score (nSPS) is 14.8. The quantitative estimate of drug-likeness (QED) is 0.319. The number of imidazole rings is 1. The van der Waals surface area contributed by atoms with Crippen LogP contribution in [0.25, 0.3) is 11.0 Å². The molecule has 1 unspecified atom stereocenters. The zero-order valence-corrected chi connectivity index (χ0v) is 21.0. The van der Waals surface area contributed by atoms with E-state index in [0.29, 0.717) is 11.5 Å². The van der Waals surface area contributed by atoms with Crippen molar-refractivity contribution in [2.75, 3.05) is 18.4 Å². The number of anilines is 2. The number of carbonyl (C=O) groups excluding carboxylic acids is 1. The minimum Gasteiger partial charge on any atom is -0.457 e. The molecular weight excluding hydrogens is 508 g/mol. The van der Waals surface area contributed by atoms with Crippen molar-refractivity contribution in [3.63, 3.8) is 0 Å². The van der Waals surface area contributed by atoms with Crippen LogP contribution in [0.1, 0.15) is 31.0 Å². The molecular formula is C26H27BrN6O2. The van der Waals surface area contributed by atoms with Crippen molar-refractivity contribution < 1.29 is 9.53 Å². The second-order valence-corrected chi connectivity index (χ2v) is 9.64. The second kappa shape index (κ2) is 10.1. The molecule has 8 nitrogen and oxygen atoms in total. The first-order valence-electron chi connectivity index (χ1n) is 11.6. The molecule has 1 fully saturated rings. The highest BCUT2D eigenvalue weighted by Crippen LogP contribution is 2.32. The van der Waals surface area contributed by atoms with E-state index < -0.39 is 0 Å². The van der Waals surface area contributed by atoms with Gasteiger partial charge in [-0.1, -0.05) is 15.9 Å². The molecule has 3 N–H and O–H groups in total. The Morgan fingerprint density at radius 2 is 1.86 bits per heavy atom. The summed E-state index contributed by atoms with van der Waals surface area (Å²) in [7, 11) is 1.98. The molecule has 2 aromatic heterocycles. The first-order chi connectivity index (χ1) is 17.0. The summed E-state index contributed by atoms with van der Waals surface area (Å²) >= 11 is 3.46. The lowest BCUT2D eigenvalue weighted by atomic mass is 10.1. The maximum absolute atomic E-state index is 11.7. The Balaban J connectivity index is 1.37. The number of aromatic nitrogens is 3. The summed E-state index contributed by atoms with van der Waals surface area (Å²) < 4.78 is 9.21. The number of benzene rings is 2. The Bertz CT molecular complexity index is 1350. The Morgan fingerprint density at radius 1 is 1.11 bits per heavy atom. The molecule has 1 amide bonds. The van der Waals surface area contributed by atoms with Gasteiger partial charge in [0.2, 0.25) is 11.9 Å². The highest BCUT2D eigenvalue weighted by Gasteiger charge is 2.26. The fourth-order valence-corrected chi connectivity index (χ4v) is 4.76. The van der Waals surface area contributed by atoms with Crippen LogP contribution < -0.4 is 15.8 Å². The maximum atomic E-state index is 11.7. The molecule has 1 atom stereocenters. The minimum absolute atomic E-state index is 0.135. The van der Waals surface area contributed by atoms with Crippen LogP contribution in [0.3, 0.4) is 0 Å². The molecule has 4 aromatic rings. The number of nitrogens with zero attached hydrogens (tertiary/aromatic N) is 4. The third-order valence-electron chi connectivity index (χ3n) is 6.26. The van der Waals surface area contributed by atoms with Crippen molar-refractivity contribution in [1.29, 1.82) is 0 Å². The number of hydrogen-bond acceptors (Lipinski definition) is 6. The SMILES string of the molecule is Cn1c(Nc2ccc(Br)cc2)nc2cc(Oc3ccnc(C(CC(N)=O)N4CCCC4)c3)ccc21. The van der Waals surface area contributed by atoms with Gasteiger partial charge in [-0.25, -0.2) is 4.98 Å². The number of hydrogen-bond donors (Lipinski definition) is 2. The summed E-state index contributed by atoms with van der Waals surface area (Å²) in [4.78, 5) is 23.3. The summed E-state index contributed by atoms with van der Waals surface area (Å²) in [6.45, 7) is 1.88. The largest absolute Gasteiger partial charge is 0.457 e. The molecule has 5 rings (SSSR count). The Labute approximate surface area is 212 Å². The zero-order chi connectivity index (χ0) is 24.4. The number of fused-ring (bicyclic) bond motifs is 1. The van der Waals surface area contributed by atoms with E-state index >= 15 is 0 Å². The Hall–Kier alpha value is -3.43. The number of amides is 1. The van der Waals surface area contributed by atoms with Gasteiger partial charge in [-0.3, -0.25) is 14.7 Å². The highest BCUT2D eigenvalue weighted by atomic mass is 79.9. The number of primary amides is 1. The topological polar surface area (TPSA) is 98.3 Å². The van der Waals surface area contributed by atoms with Crippen molar-refractivity contribution >= 4 is 44.5 Å². The molecule has 9 heteroatoms. The number of nitrogens with one attached hydrogen (secondary N) is 1. The van der Waals surface area contributed by atoms with Crippen molar-refractivity contribution in [3.05, 3.63) is 71.0 Å². The average Bonchev–Trinajstić information content (AvgIpc) is 3.48. The van der Waals surface area contributed by atoms with Crippen LogP contribution in [0.4, 0.5) is 11.6 Å². The lowest BCUT2D eigenvalue weighted by Crippen LogP contribution is -2.30. The molecule has 180 valence electrons. The molecule has 35 heavy (non-hydrogen) atoms. The monoisotopic (exact) mass is 534 g/mol. The predicted octanol–water partition coefficient (Wildman–Crippen LogP) is 5.28. The summed E-state index contributed by atoms with van der Waals surface area (Å²) in [5.41, 5.74) is 9.10. The van der Waals surface area contributed by atoms with Gasteiger partial charge in [0.25, 0.3) is 0 Å². The van der Waals surface area contributed by atoms with Crippen LogP contribution in [0.2, 0.25) is 0 Å². The van der Waals surface area contributed by atoms with Gasteiger partial charge in [0, 0.05) is 42.0 Å². The van der Waals surface area contributed by atoms with E-state index in [1.807, 2.05) is 66.2 Å². The molecule has 1 saturated heterocycles. The summed E-state index contributed by atoms with van der Waals surface area (Å²) in [6.07, 6.45) is 4.20. The van der Waals surface area contributed by atoms with Crippen molar-refractivity contribution in [1.82, 2.24) is 19.4 Å². The predicted molar refractivity (Wildman–Crippen MR) is 140 cm³/mol.